The van der Waals surface area contributed by atoms with Gasteiger partial charge < -0.3 is 5.32 Å². The van der Waals surface area contributed by atoms with Gasteiger partial charge in [-0.3, -0.25) is 0 Å². The van der Waals surface area contributed by atoms with Crippen molar-refractivity contribution in [3.63, 3.8) is 0 Å². The quantitative estimate of drug-likeness (QED) is 0.594. The molecule has 0 atom stereocenters. The van der Waals surface area contributed by atoms with Crippen molar-refractivity contribution >= 4 is 17.3 Å². The Morgan fingerprint density at radius 1 is 1.40 bits per heavy atom. The summed E-state index contributed by atoms with van der Waals surface area (Å²) in [6.45, 7) is 2.03. The summed E-state index contributed by atoms with van der Waals surface area (Å²) in [7, 11) is 1.98. The fourth-order valence-electron chi connectivity index (χ4n) is 0.866. The van der Waals surface area contributed by atoms with Gasteiger partial charge in [0.1, 0.15) is 10.7 Å². The fourth-order valence-corrected chi connectivity index (χ4v) is 1.21. The maximum Gasteiger partial charge on any atom is 0.148 e. The van der Waals surface area contributed by atoms with Crippen LogP contribution in [-0.4, -0.2) is 7.05 Å². The van der Waals surface area contributed by atoms with Gasteiger partial charge in [-0.15, -0.1) is 0 Å². The zero-order valence-corrected chi connectivity index (χ0v) is 6.94. The van der Waals surface area contributed by atoms with Gasteiger partial charge in [-0.05, 0) is 18.6 Å². The highest BCUT2D eigenvalue weighted by Gasteiger charge is 1.99. The van der Waals surface area contributed by atoms with E-state index in [1.165, 1.54) is 5.56 Å². The number of hydrogen-bond donors (Lipinski definition) is 1. The molecule has 0 aliphatic rings. The summed E-state index contributed by atoms with van der Waals surface area (Å²) >= 11 is 5.90. The molecule has 0 saturated heterocycles. The molecule has 1 aromatic carbocycles. The number of hydrogen-bond acceptors (Lipinski definition) is 0. The Balaban J connectivity index is 3.07. The molecule has 0 aliphatic heterocycles. The molecule has 0 bridgehead atoms. The third-order valence-electron chi connectivity index (χ3n) is 1.47. The average molecular weight is 157 g/mol. The first-order chi connectivity index (χ1) is 4.74. The summed E-state index contributed by atoms with van der Waals surface area (Å²) in [6, 6.07) is 6.05. The van der Waals surface area contributed by atoms with Gasteiger partial charge in [0.15, 0.2) is 0 Å². The molecule has 0 radical (unpaired) electrons. The second-order valence-corrected chi connectivity index (χ2v) is 2.72. The molecule has 1 nitrogen and oxygen atoms in total. The van der Waals surface area contributed by atoms with Crippen LogP contribution in [0.25, 0.3) is 0 Å². The minimum absolute atomic E-state index is 0.836. The topological polar surface area (TPSA) is 16.6 Å². The molecule has 54 valence electrons. The molecular formula is C8H11ClN+. The minimum atomic E-state index is 0.836. The van der Waals surface area contributed by atoms with Crippen LogP contribution < -0.4 is 5.32 Å². The predicted octanol–water partition coefficient (Wildman–Crippen LogP) is 1.47. The standard InChI is InChI=1S/C8H10ClN/c1-6-3-4-8(10-2)7(9)5-6/h3-5,10H,1-2H3/p+1. The molecule has 2 N–H and O–H groups in total. The van der Waals surface area contributed by atoms with Gasteiger partial charge in [-0.25, -0.2) is 0 Å². The third kappa shape index (κ3) is 1.49. The first kappa shape index (κ1) is 7.58. The lowest BCUT2D eigenvalue weighted by atomic mass is 10.2. The van der Waals surface area contributed by atoms with Gasteiger partial charge >= 0.3 is 0 Å². The highest BCUT2D eigenvalue weighted by atomic mass is 35.5. The maximum absolute atomic E-state index is 5.90. The zero-order chi connectivity index (χ0) is 7.56. The molecule has 0 amide bonds. The molecular weight excluding hydrogens is 146 g/mol. The first-order valence-corrected chi connectivity index (χ1v) is 3.67. The van der Waals surface area contributed by atoms with Crippen molar-refractivity contribution in [2.75, 3.05) is 7.05 Å². The second-order valence-electron chi connectivity index (χ2n) is 2.31. The monoisotopic (exact) mass is 156 g/mol. The van der Waals surface area contributed by atoms with Crippen molar-refractivity contribution in [3.05, 3.63) is 28.8 Å². The molecule has 0 saturated carbocycles. The fraction of sp³-hybridized carbons (Fsp3) is 0.250. The summed E-state index contributed by atoms with van der Waals surface area (Å²) in [4.78, 5) is 0. The maximum atomic E-state index is 5.90. The number of aryl methyl sites for hydroxylation is 1. The Hall–Kier alpha value is -0.530. The van der Waals surface area contributed by atoms with Gasteiger partial charge in [0.05, 0.1) is 7.05 Å². The van der Waals surface area contributed by atoms with E-state index in [0.29, 0.717) is 0 Å². The highest BCUT2D eigenvalue weighted by Crippen LogP contribution is 2.17. The van der Waals surface area contributed by atoms with Crippen LogP contribution in [0.3, 0.4) is 0 Å². The number of halogens is 1. The smallest absolute Gasteiger partial charge is 0.148 e. The Labute approximate surface area is 66.0 Å². The van der Waals surface area contributed by atoms with Crippen LogP contribution in [0, 0.1) is 6.92 Å². The molecule has 0 aliphatic carbocycles. The lowest BCUT2D eigenvalue weighted by molar-refractivity contribution is -0.539. The molecule has 0 spiro atoms. The van der Waals surface area contributed by atoms with Crippen LogP contribution in [0.15, 0.2) is 18.2 Å². The number of benzene rings is 1. The summed E-state index contributed by atoms with van der Waals surface area (Å²) < 4.78 is 0. The van der Waals surface area contributed by atoms with E-state index in [-0.39, 0.29) is 0 Å². The summed E-state index contributed by atoms with van der Waals surface area (Å²) in [5, 5.41) is 2.84. The number of rotatable bonds is 1. The molecule has 0 fully saturated rings. The highest BCUT2D eigenvalue weighted by molar-refractivity contribution is 6.32. The van der Waals surface area contributed by atoms with Crippen LogP contribution in [0.4, 0.5) is 5.69 Å². The van der Waals surface area contributed by atoms with Gasteiger partial charge in [-0.1, -0.05) is 17.7 Å². The van der Waals surface area contributed by atoms with Crippen molar-refractivity contribution in [2.24, 2.45) is 0 Å². The molecule has 1 aromatic rings. The molecule has 0 heterocycles. The van der Waals surface area contributed by atoms with E-state index < -0.39 is 0 Å². The van der Waals surface area contributed by atoms with Crippen LogP contribution in [0.2, 0.25) is 5.02 Å². The van der Waals surface area contributed by atoms with Crippen LogP contribution >= 0.6 is 11.6 Å². The van der Waals surface area contributed by atoms with E-state index in [1.807, 2.05) is 31.4 Å². The summed E-state index contributed by atoms with van der Waals surface area (Å²) in [5.74, 6) is 0. The molecule has 0 aromatic heterocycles. The summed E-state index contributed by atoms with van der Waals surface area (Å²) in [5.41, 5.74) is 2.31. The Morgan fingerprint density at radius 3 is 2.60 bits per heavy atom. The second kappa shape index (κ2) is 3.04. The SMILES string of the molecule is C[NH2+]c1ccc(C)cc1Cl. The van der Waals surface area contributed by atoms with Gasteiger partial charge in [0.25, 0.3) is 0 Å². The predicted molar refractivity (Wildman–Crippen MR) is 43.7 cm³/mol. The van der Waals surface area contributed by atoms with Gasteiger partial charge in [-0.2, -0.15) is 0 Å². The minimum Gasteiger partial charge on any atom is -0.315 e. The lowest BCUT2D eigenvalue weighted by Gasteiger charge is -1.97. The third-order valence-corrected chi connectivity index (χ3v) is 1.79. The Bertz CT molecular complexity index is 233. The van der Waals surface area contributed by atoms with E-state index in [1.54, 1.807) is 0 Å². The van der Waals surface area contributed by atoms with E-state index in [4.69, 9.17) is 11.6 Å². The van der Waals surface area contributed by atoms with Crippen LogP contribution in [-0.2, 0) is 0 Å². The molecule has 10 heavy (non-hydrogen) atoms. The Morgan fingerprint density at radius 2 is 2.10 bits per heavy atom. The van der Waals surface area contributed by atoms with E-state index >= 15 is 0 Å². The lowest BCUT2D eigenvalue weighted by Crippen LogP contribution is -2.72. The van der Waals surface area contributed by atoms with Crippen molar-refractivity contribution in [2.45, 2.75) is 6.92 Å². The Kier molecular flexibility index (Phi) is 2.30. The first-order valence-electron chi connectivity index (χ1n) is 3.29. The van der Waals surface area contributed by atoms with Crippen molar-refractivity contribution < 1.29 is 5.32 Å². The normalized spacial score (nSPS) is 9.90. The largest absolute Gasteiger partial charge is 0.315 e. The van der Waals surface area contributed by atoms with E-state index in [2.05, 4.69) is 6.07 Å². The zero-order valence-electron chi connectivity index (χ0n) is 6.19. The van der Waals surface area contributed by atoms with Crippen molar-refractivity contribution in [1.82, 2.24) is 0 Å². The molecule has 2 heteroatoms. The van der Waals surface area contributed by atoms with Crippen LogP contribution in [0.1, 0.15) is 5.56 Å². The average Bonchev–Trinajstić information content (AvgIpc) is 1.88. The molecule has 0 unspecified atom stereocenters. The molecule has 1 rings (SSSR count). The summed E-state index contributed by atoms with van der Waals surface area (Å²) in [6.07, 6.45) is 0. The van der Waals surface area contributed by atoms with Gasteiger partial charge in [0, 0.05) is 6.07 Å². The van der Waals surface area contributed by atoms with Crippen molar-refractivity contribution in [3.8, 4) is 0 Å². The van der Waals surface area contributed by atoms with E-state index in [9.17, 15) is 0 Å². The number of nitrogens with two attached hydrogens (primary N) is 1. The van der Waals surface area contributed by atoms with E-state index in [0.717, 1.165) is 10.7 Å². The van der Waals surface area contributed by atoms with Crippen LogP contribution in [0.5, 0.6) is 0 Å². The number of quaternary nitrogens is 1. The van der Waals surface area contributed by atoms with Gasteiger partial charge in [0.2, 0.25) is 0 Å². The van der Waals surface area contributed by atoms with Crippen molar-refractivity contribution in [1.29, 1.82) is 0 Å².